The van der Waals surface area contributed by atoms with Crippen molar-refractivity contribution in [2.75, 3.05) is 13.1 Å². The van der Waals surface area contributed by atoms with Crippen molar-refractivity contribution < 1.29 is 22.9 Å². The Labute approximate surface area is 199 Å². The molecule has 2 aromatic rings. The largest absolute Gasteiger partial charge is 0.488 e. The van der Waals surface area contributed by atoms with Crippen LogP contribution in [0.1, 0.15) is 32.8 Å². The van der Waals surface area contributed by atoms with Crippen LogP contribution >= 0.6 is 0 Å². The lowest BCUT2D eigenvalue weighted by Crippen LogP contribution is -2.48. The summed E-state index contributed by atoms with van der Waals surface area (Å²) >= 11 is 0. The van der Waals surface area contributed by atoms with Gasteiger partial charge >= 0.3 is 0 Å². The molecule has 184 valence electrons. The molecule has 0 radical (unpaired) electrons. The van der Waals surface area contributed by atoms with Gasteiger partial charge in [0.1, 0.15) is 11.4 Å². The molecule has 3 N–H and O–H groups in total. The summed E-state index contributed by atoms with van der Waals surface area (Å²) in [5, 5.41) is 14.4. The van der Waals surface area contributed by atoms with Crippen molar-refractivity contribution in [2.24, 2.45) is 5.73 Å². The summed E-state index contributed by atoms with van der Waals surface area (Å²) in [6.45, 7) is 6.12. The molecule has 1 amide bonds. The lowest BCUT2D eigenvalue weighted by atomic mass is 10.0. The van der Waals surface area contributed by atoms with Crippen LogP contribution in [0.4, 0.5) is 5.69 Å². The van der Waals surface area contributed by atoms with Crippen LogP contribution in [0.5, 0.6) is 5.75 Å². The fraction of sp³-hybridized carbons (Fsp3) is 0.435. The van der Waals surface area contributed by atoms with Crippen LogP contribution in [0.25, 0.3) is 0 Å². The molecule has 11 heteroatoms. The SMILES string of the molecule is CC(C)(C)Oc1ccc(C[C@H](N[C@H]2CCN(S(=O)(=O)c3ccccc3[N+](=O)[O-])C2)C(N)=O)cc1. The van der Waals surface area contributed by atoms with Crippen molar-refractivity contribution in [1.82, 2.24) is 9.62 Å². The maximum absolute atomic E-state index is 13.0. The molecule has 0 spiro atoms. The molecule has 10 nitrogen and oxygen atoms in total. The van der Waals surface area contributed by atoms with Crippen molar-refractivity contribution in [3.05, 3.63) is 64.2 Å². The minimum Gasteiger partial charge on any atom is -0.488 e. The molecule has 0 saturated carbocycles. The fourth-order valence-corrected chi connectivity index (χ4v) is 5.51. The third-order valence-corrected chi connectivity index (χ3v) is 7.31. The van der Waals surface area contributed by atoms with Gasteiger partial charge in [0.05, 0.1) is 11.0 Å². The van der Waals surface area contributed by atoms with Crippen molar-refractivity contribution in [3.63, 3.8) is 0 Å². The number of hydrogen-bond acceptors (Lipinski definition) is 7. The van der Waals surface area contributed by atoms with E-state index < -0.39 is 32.6 Å². The minimum atomic E-state index is -4.06. The molecule has 34 heavy (non-hydrogen) atoms. The zero-order chi connectivity index (χ0) is 25.1. The number of amides is 1. The molecular weight excluding hydrogens is 460 g/mol. The number of nitrogens with zero attached hydrogens (tertiary/aromatic N) is 2. The van der Waals surface area contributed by atoms with Crippen LogP contribution in [-0.4, -0.2) is 54.3 Å². The maximum atomic E-state index is 13.0. The lowest BCUT2D eigenvalue weighted by molar-refractivity contribution is -0.387. The number of carbonyl (C=O) groups is 1. The lowest BCUT2D eigenvalue weighted by Gasteiger charge is -2.23. The maximum Gasteiger partial charge on any atom is 0.289 e. The molecule has 0 aromatic heterocycles. The van der Waals surface area contributed by atoms with Crippen LogP contribution in [0.3, 0.4) is 0 Å². The van der Waals surface area contributed by atoms with Crippen LogP contribution in [-0.2, 0) is 21.2 Å². The van der Waals surface area contributed by atoms with Crippen molar-refractivity contribution in [1.29, 1.82) is 0 Å². The smallest absolute Gasteiger partial charge is 0.289 e. The van der Waals surface area contributed by atoms with E-state index >= 15 is 0 Å². The topological polar surface area (TPSA) is 145 Å². The van der Waals surface area contributed by atoms with E-state index in [2.05, 4.69) is 5.32 Å². The molecule has 0 aliphatic carbocycles. The van der Waals surface area contributed by atoms with Gasteiger partial charge < -0.3 is 15.8 Å². The molecule has 1 aliphatic heterocycles. The number of nitro benzene ring substituents is 1. The summed E-state index contributed by atoms with van der Waals surface area (Å²) < 4.78 is 33.1. The highest BCUT2D eigenvalue weighted by Crippen LogP contribution is 2.28. The number of primary amides is 1. The monoisotopic (exact) mass is 490 g/mol. The Hall–Kier alpha value is -3.02. The number of ether oxygens (including phenoxy) is 1. The minimum absolute atomic E-state index is 0.0799. The second-order valence-corrected chi connectivity index (χ2v) is 11.2. The van der Waals surface area contributed by atoms with E-state index in [1.165, 1.54) is 28.6 Å². The summed E-state index contributed by atoms with van der Waals surface area (Å²) in [6, 6.07) is 11.6. The summed E-state index contributed by atoms with van der Waals surface area (Å²) in [6.07, 6.45) is 0.778. The molecular formula is C23H30N4O6S. The van der Waals surface area contributed by atoms with Crippen LogP contribution in [0.2, 0.25) is 0 Å². The van der Waals surface area contributed by atoms with E-state index in [9.17, 15) is 23.3 Å². The van der Waals surface area contributed by atoms with Gasteiger partial charge in [0.2, 0.25) is 15.9 Å². The van der Waals surface area contributed by atoms with Gasteiger partial charge in [0, 0.05) is 25.2 Å². The predicted molar refractivity (Wildman–Crippen MR) is 127 cm³/mol. The molecule has 1 saturated heterocycles. The number of para-hydroxylation sites is 1. The predicted octanol–water partition coefficient (Wildman–Crippen LogP) is 2.22. The number of hydrogen-bond donors (Lipinski definition) is 2. The fourth-order valence-electron chi connectivity index (χ4n) is 3.86. The van der Waals surface area contributed by atoms with E-state index in [0.717, 1.165) is 5.56 Å². The number of rotatable bonds is 9. The number of nitrogens with one attached hydrogen (secondary N) is 1. The highest BCUT2D eigenvalue weighted by atomic mass is 32.2. The third-order valence-electron chi connectivity index (χ3n) is 5.40. The van der Waals surface area contributed by atoms with E-state index in [1.54, 1.807) is 0 Å². The van der Waals surface area contributed by atoms with E-state index in [1.807, 2.05) is 45.0 Å². The van der Waals surface area contributed by atoms with Gasteiger partial charge in [0.25, 0.3) is 5.69 Å². The highest BCUT2D eigenvalue weighted by Gasteiger charge is 2.37. The Morgan fingerprint density at radius 1 is 1.24 bits per heavy atom. The number of sulfonamides is 1. The number of nitro groups is 1. The molecule has 0 unspecified atom stereocenters. The van der Waals surface area contributed by atoms with E-state index in [0.29, 0.717) is 18.6 Å². The Balaban J connectivity index is 1.67. The van der Waals surface area contributed by atoms with Crippen LogP contribution in [0.15, 0.2) is 53.4 Å². The summed E-state index contributed by atoms with van der Waals surface area (Å²) in [5.41, 5.74) is 5.69. The first-order valence-corrected chi connectivity index (χ1v) is 12.4. The van der Waals surface area contributed by atoms with Crippen LogP contribution < -0.4 is 15.8 Å². The Bertz CT molecular complexity index is 1140. The number of benzene rings is 2. The molecule has 0 bridgehead atoms. The number of nitrogens with two attached hydrogens (primary N) is 1. The zero-order valence-electron chi connectivity index (χ0n) is 19.4. The first-order valence-electron chi connectivity index (χ1n) is 10.9. The Morgan fingerprint density at radius 2 is 1.88 bits per heavy atom. The molecule has 3 rings (SSSR count). The molecule has 1 aliphatic rings. The Morgan fingerprint density at radius 3 is 2.47 bits per heavy atom. The van der Waals surface area contributed by atoms with Crippen molar-refractivity contribution in [2.45, 2.75) is 56.2 Å². The zero-order valence-corrected chi connectivity index (χ0v) is 20.2. The van der Waals surface area contributed by atoms with Gasteiger partial charge in [-0.15, -0.1) is 0 Å². The summed E-state index contributed by atoms with van der Waals surface area (Å²) in [7, 11) is -4.06. The van der Waals surface area contributed by atoms with Gasteiger partial charge in [-0.25, -0.2) is 8.42 Å². The molecule has 1 heterocycles. The van der Waals surface area contributed by atoms with Gasteiger partial charge in [-0.1, -0.05) is 24.3 Å². The quantitative estimate of drug-likeness (QED) is 0.405. The average Bonchev–Trinajstić information content (AvgIpc) is 3.23. The Kier molecular flexibility index (Phi) is 7.59. The first kappa shape index (κ1) is 25.6. The average molecular weight is 491 g/mol. The van der Waals surface area contributed by atoms with E-state index in [-0.39, 0.29) is 29.6 Å². The van der Waals surface area contributed by atoms with Crippen molar-refractivity contribution in [3.8, 4) is 5.75 Å². The molecule has 2 atom stereocenters. The second-order valence-electron chi connectivity index (χ2n) is 9.26. The second kappa shape index (κ2) is 10.1. The number of carbonyl (C=O) groups excluding carboxylic acids is 1. The normalized spacial score (nSPS) is 17.9. The standard InChI is InChI=1S/C23H30N4O6S/c1-23(2,3)33-18-10-8-16(9-11-18)14-19(22(24)28)25-17-12-13-26(15-17)34(31,32)21-7-5-4-6-20(21)27(29)30/h4-11,17,19,25H,12-15H2,1-3H3,(H2,24,28)/t17-,19-/m0/s1. The summed E-state index contributed by atoms with van der Waals surface area (Å²) in [4.78, 5) is 22.3. The van der Waals surface area contributed by atoms with Gasteiger partial charge in [-0.2, -0.15) is 4.31 Å². The first-order chi connectivity index (χ1) is 15.9. The van der Waals surface area contributed by atoms with Gasteiger partial charge in [0.15, 0.2) is 4.90 Å². The van der Waals surface area contributed by atoms with Crippen LogP contribution in [0, 0.1) is 10.1 Å². The van der Waals surface area contributed by atoms with Crippen molar-refractivity contribution >= 4 is 21.6 Å². The van der Waals surface area contributed by atoms with E-state index in [4.69, 9.17) is 10.5 Å². The molecule has 2 aromatic carbocycles. The molecule has 1 fully saturated rings. The third kappa shape index (κ3) is 6.31. The summed E-state index contributed by atoms with van der Waals surface area (Å²) in [5.74, 6) is 0.168. The van der Waals surface area contributed by atoms with Gasteiger partial charge in [-0.05, 0) is 57.4 Å². The van der Waals surface area contributed by atoms with Gasteiger partial charge in [-0.3, -0.25) is 14.9 Å². The highest BCUT2D eigenvalue weighted by molar-refractivity contribution is 7.89.